The molecule has 9 heteroatoms. The number of hydrogen-bond donors (Lipinski definition) is 1. The van der Waals surface area contributed by atoms with Crippen LogP contribution in [0.25, 0.3) is 0 Å². The van der Waals surface area contributed by atoms with Crippen molar-refractivity contribution in [3.63, 3.8) is 0 Å². The lowest BCUT2D eigenvalue weighted by Crippen LogP contribution is -2.41. The lowest BCUT2D eigenvalue weighted by Gasteiger charge is -2.33. The number of nitrogens with zero attached hydrogens (tertiary/aromatic N) is 3. The van der Waals surface area contributed by atoms with Crippen LogP contribution >= 0.6 is 0 Å². The molecule has 2 aliphatic heterocycles. The number of nitrogens with two attached hydrogens (primary N) is 1. The molecule has 0 saturated carbocycles. The van der Waals surface area contributed by atoms with Gasteiger partial charge in [-0.15, -0.1) is 4.40 Å². The summed E-state index contributed by atoms with van der Waals surface area (Å²) in [5, 5.41) is 0. The summed E-state index contributed by atoms with van der Waals surface area (Å²) in [6, 6.07) is 8.90. The van der Waals surface area contributed by atoms with Gasteiger partial charge in [-0.1, -0.05) is 26.0 Å². The Bertz CT molecular complexity index is 1160. The summed E-state index contributed by atoms with van der Waals surface area (Å²) in [5.41, 5.74) is 8.63. The maximum absolute atomic E-state index is 13.1. The number of pyridine rings is 1. The number of sulfonamides is 1. The Morgan fingerprint density at radius 2 is 2.12 bits per heavy atom. The number of rotatable bonds is 5. The largest absolute Gasteiger partial charge is 0.492 e. The molecular weight excluding hydrogens is 428 g/mol. The highest BCUT2D eigenvalue weighted by Crippen LogP contribution is 2.29. The predicted octanol–water partition coefficient (Wildman–Crippen LogP) is 2.68. The first kappa shape index (κ1) is 22.3. The van der Waals surface area contributed by atoms with Gasteiger partial charge in [-0.2, -0.15) is 0 Å². The number of carbonyl (C=O) groups excluding carboxylic acids is 1. The first-order valence-corrected chi connectivity index (χ1v) is 12.4. The molecule has 1 aromatic heterocycles. The van der Waals surface area contributed by atoms with Crippen LogP contribution in [0.1, 0.15) is 59.8 Å². The SMILES string of the molecule is CC(C)c1cc(C(=O)N2CCC[C@H](COc3cccc4c3C(N)=NS(=O)(=O)C4)C2)ccn1. The molecule has 8 nitrogen and oxygen atoms in total. The van der Waals surface area contributed by atoms with Gasteiger partial charge in [-0.3, -0.25) is 9.78 Å². The summed E-state index contributed by atoms with van der Waals surface area (Å²) in [6.07, 6.45) is 3.54. The Labute approximate surface area is 188 Å². The van der Waals surface area contributed by atoms with E-state index in [0.717, 1.165) is 18.5 Å². The van der Waals surface area contributed by atoms with Crippen molar-refractivity contribution >= 4 is 21.8 Å². The van der Waals surface area contributed by atoms with Gasteiger partial charge in [0.25, 0.3) is 15.9 Å². The van der Waals surface area contributed by atoms with Crippen LogP contribution in [0.2, 0.25) is 0 Å². The van der Waals surface area contributed by atoms with Crippen molar-refractivity contribution in [2.75, 3.05) is 19.7 Å². The maximum atomic E-state index is 13.1. The van der Waals surface area contributed by atoms with E-state index in [1.807, 2.05) is 11.0 Å². The minimum Gasteiger partial charge on any atom is -0.492 e. The number of amidine groups is 1. The van der Waals surface area contributed by atoms with Crippen LogP contribution in [0.3, 0.4) is 0 Å². The van der Waals surface area contributed by atoms with Crippen LogP contribution in [0.4, 0.5) is 0 Å². The highest BCUT2D eigenvalue weighted by Gasteiger charge is 2.28. The molecule has 3 heterocycles. The summed E-state index contributed by atoms with van der Waals surface area (Å²) in [7, 11) is -3.59. The Morgan fingerprint density at radius 3 is 2.91 bits per heavy atom. The van der Waals surface area contributed by atoms with E-state index in [0.29, 0.717) is 42.1 Å². The van der Waals surface area contributed by atoms with E-state index in [9.17, 15) is 13.2 Å². The monoisotopic (exact) mass is 456 g/mol. The molecular formula is C23H28N4O4S. The summed E-state index contributed by atoms with van der Waals surface area (Å²) in [4.78, 5) is 19.3. The Kier molecular flexibility index (Phi) is 6.19. The van der Waals surface area contributed by atoms with Gasteiger partial charge in [-0.25, -0.2) is 8.42 Å². The number of carbonyl (C=O) groups is 1. The van der Waals surface area contributed by atoms with E-state index >= 15 is 0 Å². The molecule has 2 N–H and O–H groups in total. The van der Waals surface area contributed by atoms with Gasteiger partial charge >= 0.3 is 0 Å². The summed E-state index contributed by atoms with van der Waals surface area (Å²) >= 11 is 0. The van der Waals surface area contributed by atoms with E-state index in [4.69, 9.17) is 10.5 Å². The fourth-order valence-corrected chi connectivity index (χ4v) is 5.29. The fourth-order valence-electron chi connectivity index (χ4n) is 4.21. The topological polar surface area (TPSA) is 115 Å². The second-order valence-electron chi connectivity index (χ2n) is 8.69. The molecule has 1 saturated heterocycles. The molecule has 32 heavy (non-hydrogen) atoms. The van der Waals surface area contributed by atoms with E-state index < -0.39 is 10.0 Å². The van der Waals surface area contributed by atoms with Crippen LogP contribution in [0.5, 0.6) is 5.75 Å². The highest BCUT2D eigenvalue weighted by atomic mass is 32.2. The van der Waals surface area contributed by atoms with Gasteiger partial charge in [-0.05, 0) is 42.5 Å². The van der Waals surface area contributed by atoms with E-state index in [-0.39, 0.29) is 29.3 Å². The normalized spacial score (nSPS) is 19.9. The zero-order chi connectivity index (χ0) is 22.9. The van der Waals surface area contributed by atoms with Crippen molar-refractivity contribution in [1.29, 1.82) is 0 Å². The number of likely N-dealkylation sites (tertiary alicyclic amines) is 1. The minimum atomic E-state index is -3.59. The van der Waals surface area contributed by atoms with Crippen LogP contribution in [0.15, 0.2) is 40.9 Å². The molecule has 0 unspecified atom stereocenters. The molecule has 1 fully saturated rings. The zero-order valence-corrected chi connectivity index (χ0v) is 19.1. The Balaban J connectivity index is 1.44. The number of amides is 1. The summed E-state index contributed by atoms with van der Waals surface area (Å²) in [5.74, 6) is 0.737. The molecule has 2 aromatic rings. The molecule has 170 valence electrons. The Hall–Kier alpha value is -2.94. The third-order valence-electron chi connectivity index (χ3n) is 5.84. The number of fused-ring (bicyclic) bond motifs is 1. The van der Waals surface area contributed by atoms with Gasteiger partial charge in [0, 0.05) is 36.5 Å². The molecule has 1 amide bonds. The van der Waals surface area contributed by atoms with E-state index in [2.05, 4.69) is 23.2 Å². The molecule has 0 radical (unpaired) electrons. The van der Waals surface area contributed by atoms with Crippen molar-refractivity contribution in [2.45, 2.75) is 38.4 Å². The second kappa shape index (κ2) is 8.90. The first-order chi connectivity index (χ1) is 15.2. The zero-order valence-electron chi connectivity index (χ0n) is 18.3. The average molecular weight is 457 g/mol. The lowest BCUT2D eigenvalue weighted by molar-refractivity contribution is 0.0633. The smallest absolute Gasteiger partial charge is 0.259 e. The van der Waals surface area contributed by atoms with Crippen LogP contribution in [-0.2, 0) is 15.8 Å². The Morgan fingerprint density at radius 1 is 1.31 bits per heavy atom. The van der Waals surface area contributed by atoms with Crippen molar-refractivity contribution in [1.82, 2.24) is 9.88 Å². The molecule has 1 aromatic carbocycles. The first-order valence-electron chi connectivity index (χ1n) is 10.8. The van der Waals surface area contributed by atoms with Gasteiger partial charge in [0.1, 0.15) is 11.6 Å². The van der Waals surface area contributed by atoms with Crippen molar-refractivity contribution < 1.29 is 17.9 Å². The second-order valence-corrected chi connectivity index (χ2v) is 10.3. The molecule has 2 aliphatic rings. The van der Waals surface area contributed by atoms with Crippen molar-refractivity contribution in [3.8, 4) is 5.75 Å². The third kappa shape index (κ3) is 4.77. The van der Waals surface area contributed by atoms with Crippen LogP contribution in [0, 0.1) is 5.92 Å². The number of hydrogen-bond acceptors (Lipinski definition) is 6. The number of piperidine rings is 1. The van der Waals surface area contributed by atoms with Gasteiger partial charge in [0.05, 0.1) is 17.9 Å². The molecule has 4 rings (SSSR count). The third-order valence-corrected chi connectivity index (χ3v) is 6.99. The number of aromatic nitrogens is 1. The molecule has 0 aliphatic carbocycles. The number of benzene rings is 1. The van der Waals surface area contributed by atoms with Crippen LogP contribution < -0.4 is 10.5 Å². The molecule has 0 bridgehead atoms. The van der Waals surface area contributed by atoms with Crippen molar-refractivity contribution in [2.24, 2.45) is 16.0 Å². The maximum Gasteiger partial charge on any atom is 0.259 e. The molecule has 1 atom stereocenters. The summed E-state index contributed by atoms with van der Waals surface area (Å²) < 4.78 is 33.4. The van der Waals surface area contributed by atoms with Crippen molar-refractivity contribution in [3.05, 3.63) is 58.9 Å². The van der Waals surface area contributed by atoms with E-state index in [1.54, 1.807) is 30.5 Å². The van der Waals surface area contributed by atoms with Gasteiger partial charge in [0.15, 0.2) is 0 Å². The molecule has 0 spiro atoms. The fraction of sp³-hybridized carbons (Fsp3) is 0.435. The standard InChI is InChI=1S/C23H28N4O4S/c1-15(2)19-11-17(8-9-25-19)23(28)27-10-4-5-16(12-27)13-31-20-7-3-6-18-14-32(29,30)26-22(24)21(18)20/h3,6-9,11,15-16H,4-5,10,12-14H2,1-2H3,(H2,24,26)/t16-/m0/s1. The minimum absolute atomic E-state index is 0.0117. The quantitative estimate of drug-likeness (QED) is 0.740. The van der Waals surface area contributed by atoms with Crippen LogP contribution in [-0.4, -0.2) is 49.7 Å². The van der Waals surface area contributed by atoms with E-state index in [1.165, 1.54) is 0 Å². The highest BCUT2D eigenvalue weighted by molar-refractivity contribution is 7.89. The summed E-state index contributed by atoms with van der Waals surface area (Å²) in [6.45, 7) is 5.84. The average Bonchev–Trinajstić information content (AvgIpc) is 2.76. The predicted molar refractivity (Wildman–Crippen MR) is 122 cm³/mol. The lowest BCUT2D eigenvalue weighted by atomic mass is 9.97. The van der Waals surface area contributed by atoms with Gasteiger partial charge < -0.3 is 15.4 Å². The van der Waals surface area contributed by atoms with Gasteiger partial charge in [0.2, 0.25) is 0 Å². The number of ether oxygens (including phenoxy) is 1.